The van der Waals surface area contributed by atoms with Gasteiger partial charge in [0.25, 0.3) is 0 Å². The van der Waals surface area contributed by atoms with Crippen LogP contribution in [0.25, 0.3) is 0 Å². The number of quaternary nitrogens is 1. The number of hydrogen-bond donors (Lipinski definition) is 0. The molecule has 1 aromatic rings. The molecule has 1 aromatic carbocycles. The van der Waals surface area contributed by atoms with Gasteiger partial charge in [-0.15, -0.1) is 0 Å². The number of rotatable bonds is 0. The van der Waals surface area contributed by atoms with E-state index in [2.05, 4.69) is 29.2 Å². The van der Waals surface area contributed by atoms with Gasteiger partial charge in [-0.25, -0.2) is 0 Å². The molecule has 2 bridgehead atoms. The first-order valence-corrected chi connectivity index (χ1v) is 9.93. The fourth-order valence-corrected chi connectivity index (χ4v) is 7.77. The summed E-state index contributed by atoms with van der Waals surface area (Å²) in [6, 6.07) is 8.58. The number of hydrogen-bond acceptors (Lipinski definition) is 3. The maximum absolute atomic E-state index is 13.9. The third kappa shape index (κ3) is 2.02. The number of hydroxylamine groups is 3. The summed E-state index contributed by atoms with van der Waals surface area (Å²) in [6.45, 7) is 1.87. The van der Waals surface area contributed by atoms with Gasteiger partial charge in [0, 0.05) is 24.4 Å². The summed E-state index contributed by atoms with van der Waals surface area (Å²) in [5.74, 6) is 0.922. The minimum absolute atomic E-state index is 0. The molecule has 5 aliphatic heterocycles. The first kappa shape index (κ1) is 20.5. The molecule has 7 atom stereocenters. The van der Waals surface area contributed by atoms with E-state index in [4.69, 9.17) is 4.74 Å². The topological polar surface area (TPSA) is 147 Å². The summed E-state index contributed by atoms with van der Waals surface area (Å²) < 4.78 is 6.10. The quantitative estimate of drug-likeness (QED) is 0.330. The maximum Gasteiger partial charge on any atom is 0.229 e. The Morgan fingerprint density at radius 1 is 1.21 bits per heavy atom. The lowest BCUT2D eigenvalue weighted by Crippen LogP contribution is -2.71. The van der Waals surface area contributed by atoms with Gasteiger partial charge in [0.05, 0.1) is 37.1 Å². The monoisotopic (exact) mass is 404 g/mol. The maximum atomic E-state index is 13.9. The fourth-order valence-electron chi connectivity index (χ4n) is 7.77. The number of carbonyl (C=O) groups is 1. The van der Waals surface area contributed by atoms with Crippen molar-refractivity contribution in [3.63, 3.8) is 0 Å². The van der Waals surface area contributed by atoms with Crippen LogP contribution >= 0.6 is 0 Å². The molecule has 8 nitrogen and oxygen atoms in total. The minimum Gasteiger partial charge on any atom is -0.632 e. The molecule has 6 N–H and O–H groups in total. The summed E-state index contributed by atoms with van der Waals surface area (Å²) in [7, 11) is 0. The van der Waals surface area contributed by atoms with Crippen molar-refractivity contribution in [2.75, 3.05) is 24.6 Å². The number of anilines is 1. The number of carbonyl (C=O) groups excluding carboxylic acids is 1. The summed E-state index contributed by atoms with van der Waals surface area (Å²) in [6.07, 6.45) is 4.51. The summed E-state index contributed by atoms with van der Waals surface area (Å²) >= 11 is 0. The first-order valence-electron chi connectivity index (χ1n) is 9.93. The van der Waals surface area contributed by atoms with E-state index >= 15 is 0 Å². The molecule has 8 heteroatoms. The van der Waals surface area contributed by atoms with E-state index in [1.165, 1.54) is 11.1 Å². The highest BCUT2D eigenvalue weighted by molar-refractivity contribution is 5.99. The predicted octanol–water partition coefficient (Wildman–Crippen LogP) is -0.369. The predicted molar refractivity (Wildman–Crippen MR) is 106 cm³/mol. The number of amides is 1. The molecule has 1 spiro atoms. The third-order valence-corrected chi connectivity index (χ3v) is 8.50. The highest BCUT2D eigenvalue weighted by atomic mass is 16.6. The second-order valence-corrected chi connectivity index (χ2v) is 9.14. The van der Waals surface area contributed by atoms with Gasteiger partial charge < -0.3 is 35.9 Å². The highest BCUT2D eigenvalue weighted by Crippen LogP contribution is 2.67. The lowest BCUT2D eigenvalue weighted by atomic mass is 9.53. The minimum atomic E-state index is -0.174. The van der Waals surface area contributed by atoms with Crippen LogP contribution in [0.4, 0.5) is 5.69 Å². The van der Waals surface area contributed by atoms with Crippen molar-refractivity contribution in [1.82, 2.24) is 0 Å². The first-order chi connectivity index (χ1) is 12.6. The van der Waals surface area contributed by atoms with E-state index in [1.807, 2.05) is 6.07 Å². The smallest absolute Gasteiger partial charge is 0.229 e. The Morgan fingerprint density at radius 2 is 2.00 bits per heavy atom. The van der Waals surface area contributed by atoms with Crippen LogP contribution in [0.2, 0.25) is 0 Å². The standard InChI is InChI=1S/C21H22N2O3.3H2O/c24-18-10-16-19-13-9-17-21(6-7-23(17,25)11-12(13)5-8-26-16)14-3-1-2-4-15(14)22(18)20(19)21;;;/h1-5,13,16-17,19-20H,6-11H2;3*1H2/t13-,16-,17-,19-,20-,21+,23?;;;/m0.../s1. The van der Waals surface area contributed by atoms with E-state index in [0.717, 1.165) is 18.5 Å². The third-order valence-electron chi connectivity index (χ3n) is 8.50. The van der Waals surface area contributed by atoms with Crippen LogP contribution in [0.3, 0.4) is 0 Å². The number of ether oxygens (including phenoxy) is 1. The fraction of sp³-hybridized carbons (Fsp3) is 0.571. The van der Waals surface area contributed by atoms with Gasteiger partial charge in [-0.2, -0.15) is 0 Å². The normalized spacial score (nSPS) is 44.4. The van der Waals surface area contributed by atoms with Crippen molar-refractivity contribution in [2.24, 2.45) is 11.8 Å². The molecule has 3 saturated heterocycles. The molecule has 1 aliphatic carbocycles. The zero-order chi connectivity index (χ0) is 17.3. The molecule has 4 fully saturated rings. The molecular formula is C21H28N2O6. The molecule has 7 rings (SSSR count). The van der Waals surface area contributed by atoms with E-state index < -0.39 is 0 Å². The Balaban J connectivity index is 0.000000683. The summed E-state index contributed by atoms with van der Waals surface area (Å²) in [5, 5.41) is 13.9. The van der Waals surface area contributed by atoms with Crippen LogP contribution in [0.1, 0.15) is 24.8 Å². The molecule has 1 saturated carbocycles. The van der Waals surface area contributed by atoms with Gasteiger partial charge in [0.2, 0.25) is 5.91 Å². The molecule has 1 amide bonds. The van der Waals surface area contributed by atoms with Crippen LogP contribution in [0.5, 0.6) is 0 Å². The van der Waals surface area contributed by atoms with Crippen molar-refractivity contribution in [1.29, 1.82) is 0 Å². The van der Waals surface area contributed by atoms with Gasteiger partial charge in [-0.3, -0.25) is 4.79 Å². The summed E-state index contributed by atoms with van der Waals surface area (Å²) in [4.78, 5) is 15.3. The van der Waals surface area contributed by atoms with Crippen molar-refractivity contribution in [2.45, 2.75) is 42.9 Å². The van der Waals surface area contributed by atoms with E-state index in [0.29, 0.717) is 38.0 Å². The largest absolute Gasteiger partial charge is 0.632 e. The van der Waals surface area contributed by atoms with Crippen LogP contribution in [-0.2, 0) is 14.9 Å². The van der Waals surface area contributed by atoms with Gasteiger partial charge in [-0.1, -0.05) is 24.3 Å². The zero-order valence-corrected chi connectivity index (χ0v) is 16.1. The molecule has 5 heterocycles. The number of para-hydroxylation sites is 1. The van der Waals surface area contributed by atoms with E-state index in [9.17, 15) is 10.0 Å². The van der Waals surface area contributed by atoms with Crippen LogP contribution in [-0.4, -0.2) is 64.9 Å². The average Bonchev–Trinajstić information content (AvgIpc) is 3.05. The second-order valence-electron chi connectivity index (χ2n) is 9.14. The molecular weight excluding hydrogens is 376 g/mol. The summed E-state index contributed by atoms with van der Waals surface area (Å²) in [5.41, 5.74) is 3.46. The van der Waals surface area contributed by atoms with Gasteiger partial charge in [-0.05, 0) is 23.1 Å². The van der Waals surface area contributed by atoms with Crippen molar-refractivity contribution >= 4 is 11.6 Å². The number of nitrogens with zero attached hydrogens (tertiary/aromatic N) is 2. The SMILES string of the molecule is O.O.O.O=C1C[C@@H]2OCC=C3C[N+]4([O-])CC[C@]56c7ccccc7N1[C@H]5[C@H]2[C@H]3C[C@@H]64. The molecule has 0 radical (unpaired) electrons. The molecule has 158 valence electrons. The Labute approximate surface area is 168 Å². The highest BCUT2D eigenvalue weighted by Gasteiger charge is 2.74. The van der Waals surface area contributed by atoms with Crippen molar-refractivity contribution < 1.29 is 30.6 Å². The van der Waals surface area contributed by atoms with E-state index in [1.54, 1.807) is 0 Å². The Bertz CT molecular complexity index is 905. The Morgan fingerprint density at radius 3 is 2.83 bits per heavy atom. The second kappa shape index (κ2) is 6.10. The number of fused-ring (bicyclic) bond motifs is 2. The van der Waals surface area contributed by atoms with Crippen LogP contribution < -0.4 is 4.90 Å². The molecule has 0 aromatic heterocycles. The van der Waals surface area contributed by atoms with Gasteiger partial charge in [0.1, 0.15) is 12.6 Å². The van der Waals surface area contributed by atoms with Crippen molar-refractivity contribution in [3.8, 4) is 0 Å². The molecule has 29 heavy (non-hydrogen) atoms. The molecule has 1 unspecified atom stereocenters. The molecule has 6 aliphatic rings. The zero-order valence-electron chi connectivity index (χ0n) is 16.1. The lowest BCUT2D eigenvalue weighted by molar-refractivity contribution is -0.896. The number of piperidine rings is 2. The van der Waals surface area contributed by atoms with Crippen molar-refractivity contribution in [3.05, 3.63) is 46.7 Å². The Kier molecular flexibility index (Phi) is 4.31. The lowest BCUT2D eigenvalue weighted by Gasteiger charge is -2.61. The van der Waals surface area contributed by atoms with Crippen LogP contribution in [0, 0.1) is 17.0 Å². The van der Waals surface area contributed by atoms with Gasteiger partial charge in [0.15, 0.2) is 0 Å². The average molecular weight is 404 g/mol. The van der Waals surface area contributed by atoms with Gasteiger partial charge >= 0.3 is 0 Å². The number of benzene rings is 1. The van der Waals surface area contributed by atoms with E-state index in [-0.39, 0.29) is 50.6 Å². The van der Waals surface area contributed by atoms with Crippen LogP contribution in [0.15, 0.2) is 35.9 Å². The Hall–Kier alpha value is -1.81.